The summed E-state index contributed by atoms with van der Waals surface area (Å²) in [4.78, 5) is 5.14. The zero-order valence-corrected chi connectivity index (χ0v) is 13.8. The quantitative estimate of drug-likeness (QED) is 0.741. The highest BCUT2D eigenvalue weighted by atomic mass is 15.3. The first-order valence-electron chi connectivity index (χ1n) is 8.55. The van der Waals surface area contributed by atoms with Crippen LogP contribution in [0.1, 0.15) is 31.4 Å². The van der Waals surface area contributed by atoms with E-state index in [4.69, 9.17) is 0 Å². The van der Waals surface area contributed by atoms with Crippen molar-refractivity contribution < 1.29 is 0 Å². The molecule has 118 valence electrons. The molecule has 1 aromatic carbocycles. The molecule has 0 bridgehead atoms. The Kier molecular flexibility index (Phi) is 7.20. The molecule has 1 N–H and O–H groups in total. The Morgan fingerprint density at radius 2 is 1.57 bits per heavy atom. The van der Waals surface area contributed by atoms with Crippen molar-refractivity contribution in [2.75, 3.05) is 45.8 Å². The predicted molar refractivity (Wildman–Crippen MR) is 90.7 cm³/mol. The van der Waals surface area contributed by atoms with Crippen molar-refractivity contribution in [1.82, 2.24) is 15.1 Å². The van der Waals surface area contributed by atoms with E-state index in [0.717, 1.165) is 26.1 Å². The van der Waals surface area contributed by atoms with E-state index in [0.29, 0.717) is 0 Å². The van der Waals surface area contributed by atoms with Crippen LogP contribution < -0.4 is 5.32 Å². The van der Waals surface area contributed by atoms with E-state index in [2.05, 4.69) is 53.2 Å². The van der Waals surface area contributed by atoms with Crippen LogP contribution in [0.3, 0.4) is 0 Å². The van der Waals surface area contributed by atoms with Crippen LogP contribution in [0.2, 0.25) is 0 Å². The van der Waals surface area contributed by atoms with Crippen LogP contribution >= 0.6 is 0 Å². The molecule has 3 nitrogen and oxygen atoms in total. The van der Waals surface area contributed by atoms with E-state index >= 15 is 0 Å². The second-order valence-electron chi connectivity index (χ2n) is 5.98. The lowest BCUT2D eigenvalue weighted by Gasteiger charge is -2.34. The van der Waals surface area contributed by atoms with Crippen LogP contribution in [0.25, 0.3) is 0 Å². The molecule has 0 unspecified atom stereocenters. The third-order valence-electron chi connectivity index (χ3n) is 4.42. The Morgan fingerprint density at radius 1 is 0.905 bits per heavy atom. The van der Waals surface area contributed by atoms with Crippen molar-refractivity contribution >= 4 is 0 Å². The normalized spacial score (nSPS) is 17.2. The minimum atomic E-state index is 1.09. The van der Waals surface area contributed by atoms with Crippen molar-refractivity contribution in [1.29, 1.82) is 0 Å². The average Bonchev–Trinajstić information content (AvgIpc) is 2.54. The summed E-state index contributed by atoms with van der Waals surface area (Å²) in [6, 6.07) is 8.96. The van der Waals surface area contributed by atoms with Crippen molar-refractivity contribution in [2.45, 2.75) is 33.2 Å². The fraction of sp³-hybridized carbons (Fsp3) is 0.667. The third-order valence-corrected chi connectivity index (χ3v) is 4.42. The second kappa shape index (κ2) is 9.19. The zero-order valence-electron chi connectivity index (χ0n) is 13.8. The Morgan fingerprint density at radius 3 is 2.24 bits per heavy atom. The van der Waals surface area contributed by atoms with Gasteiger partial charge in [-0.05, 0) is 43.6 Å². The topological polar surface area (TPSA) is 18.5 Å². The number of piperazine rings is 1. The lowest BCUT2D eigenvalue weighted by Crippen LogP contribution is -2.45. The van der Waals surface area contributed by atoms with Crippen LogP contribution in [-0.2, 0) is 13.0 Å². The molecule has 1 heterocycles. The van der Waals surface area contributed by atoms with Gasteiger partial charge in [-0.3, -0.25) is 4.90 Å². The molecule has 0 amide bonds. The number of benzene rings is 1. The largest absolute Gasteiger partial charge is 0.316 e. The van der Waals surface area contributed by atoms with Gasteiger partial charge in [0, 0.05) is 32.7 Å². The first-order chi connectivity index (χ1) is 10.3. The van der Waals surface area contributed by atoms with E-state index in [-0.39, 0.29) is 0 Å². The maximum atomic E-state index is 3.51. The standard InChI is InChI=1S/C18H31N3/c1-3-10-19-11-9-17-7-5-6-8-18(17)16-21-14-12-20(4-2)13-15-21/h5-8,19H,3-4,9-16H2,1-2H3. The Balaban J connectivity index is 1.85. The van der Waals surface area contributed by atoms with Crippen LogP contribution in [-0.4, -0.2) is 55.6 Å². The number of rotatable bonds is 8. The second-order valence-corrected chi connectivity index (χ2v) is 5.98. The molecule has 2 rings (SSSR count). The summed E-state index contributed by atoms with van der Waals surface area (Å²) < 4.78 is 0. The molecule has 0 radical (unpaired) electrons. The van der Waals surface area contributed by atoms with Crippen LogP contribution in [0.4, 0.5) is 0 Å². The molecule has 1 aliphatic rings. The van der Waals surface area contributed by atoms with Gasteiger partial charge in [0.15, 0.2) is 0 Å². The summed E-state index contributed by atoms with van der Waals surface area (Å²) in [7, 11) is 0. The lowest BCUT2D eigenvalue weighted by atomic mass is 10.0. The molecule has 3 heteroatoms. The van der Waals surface area contributed by atoms with Gasteiger partial charge in [0.1, 0.15) is 0 Å². The van der Waals surface area contributed by atoms with Gasteiger partial charge in [0.25, 0.3) is 0 Å². The van der Waals surface area contributed by atoms with Gasteiger partial charge in [-0.15, -0.1) is 0 Å². The molecule has 0 saturated carbocycles. The highest BCUT2D eigenvalue weighted by Gasteiger charge is 2.16. The molecule has 1 aromatic rings. The van der Waals surface area contributed by atoms with E-state index in [1.54, 1.807) is 0 Å². The Hall–Kier alpha value is -0.900. The van der Waals surface area contributed by atoms with Crippen LogP contribution in [0.15, 0.2) is 24.3 Å². The molecular weight excluding hydrogens is 258 g/mol. The van der Waals surface area contributed by atoms with Crippen molar-refractivity contribution in [3.63, 3.8) is 0 Å². The van der Waals surface area contributed by atoms with Crippen molar-refractivity contribution in [3.8, 4) is 0 Å². The zero-order chi connectivity index (χ0) is 14.9. The summed E-state index contributed by atoms with van der Waals surface area (Å²) in [6.07, 6.45) is 2.36. The predicted octanol–water partition coefficient (Wildman–Crippen LogP) is 2.37. The smallest absolute Gasteiger partial charge is 0.0237 e. The van der Waals surface area contributed by atoms with E-state index in [1.807, 2.05) is 0 Å². The summed E-state index contributed by atoms with van der Waals surface area (Å²) in [5, 5.41) is 3.51. The molecule has 0 aliphatic carbocycles. The van der Waals surface area contributed by atoms with E-state index in [1.165, 1.54) is 50.3 Å². The number of nitrogens with one attached hydrogen (secondary N) is 1. The van der Waals surface area contributed by atoms with Gasteiger partial charge in [-0.2, -0.15) is 0 Å². The molecule has 1 fully saturated rings. The summed E-state index contributed by atoms with van der Waals surface area (Å²) in [5.74, 6) is 0. The highest BCUT2D eigenvalue weighted by molar-refractivity contribution is 5.27. The third kappa shape index (κ3) is 5.42. The average molecular weight is 289 g/mol. The van der Waals surface area contributed by atoms with Gasteiger partial charge < -0.3 is 10.2 Å². The van der Waals surface area contributed by atoms with Gasteiger partial charge in [-0.25, -0.2) is 0 Å². The van der Waals surface area contributed by atoms with E-state index < -0.39 is 0 Å². The maximum Gasteiger partial charge on any atom is 0.0237 e. The summed E-state index contributed by atoms with van der Waals surface area (Å²) in [5.41, 5.74) is 3.03. The molecule has 1 saturated heterocycles. The fourth-order valence-corrected chi connectivity index (χ4v) is 2.99. The van der Waals surface area contributed by atoms with Gasteiger partial charge in [-0.1, -0.05) is 38.1 Å². The Labute approximate surface area is 130 Å². The minimum absolute atomic E-state index is 1.09. The number of nitrogens with zero attached hydrogens (tertiary/aromatic N) is 2. The highest BCUT2D eigenvalue weighted by Crippen LogP contribution is 2.14. The Bertz CT molecular complexity index is 397. The molecule has 0 aromatic heterocycles. The van der Waals surface area contributed by atoms with Crippen LogP contribution in [0.5, 0.6) is 0 Å². The summed E-state index contributed by atoms with van der Waals surface area (Å²) >= 11 is 0. The number of hydrogen-bond donors (Lipinski definition) is 1. The van der Waals surface area contributed by atoms with Gasteiger partial charge in [0.2, 0.25) is 0 Å². The fourth-order valence-electron chi connectivity index (χ4n) is 2.99. The number of likely N-dealkylation sites (N-methyl/N-ethyl adjacent to an activating group) is 1. The molecular formula is C18H31N3. The lowest BCUT2D eigenvalue weighted by molar-refractivity contribution is 0.131. The number of hydrogen-bond acceptors (Lipinski definition) is 3. The maximum absolute atomic E-state index is 3.51. The molecule has 21 heavy (non-hydrogen) atoms. The van der Waals surface area contributed by atoms with Crippen LogP contribution in [0, 0.1) is 0 Å². The summed E-state index contributed by atoms with van der Waals surface area (Å²) in [6.45, 7) is 13.8. The van der Waals surface area contributed by atoms with Crippen molar-refractivity contribution in [2.24, 2.45) is 0 Å². The SMILES string of the molecule is CCCNCCc1ccccc1CN1CCN(CC)CC1. The molecule has 1 aliphatic heterocycles. The monoisotopic (exact) mass is 289 g/mol. The molecule has 0 spiro atoms. The first-order valence-corrected chi connectivity index (χ1v) is 8.55. The minimum Gasteiger partial charge on any atom is -0.316 e. The molecule has 0 atom stereocenters. The van der Waals surface area contributed by atoms with E-state index in [9.17, 15) is 0 Å². The van der Waals surface area contributed by atoms with Gasteiger partial charge >= 0.3 is 0 Å². The first kappa shape index (κ1) is 16.5. The van der Waals surface area contributed by atoms with Gasteiger partial charge in [0.05, 0.1) is 0 Å². The van der Waals surface area contributed by atoms with Crippen molar-refractivity contribution in [3.05, 3.63) is 35.4 Å².